The zero-order valence-electron chi connectivity index (χ0n) is 8.26. The first kappa shape index (κ1) is 12.9. The molecule has 0 aliphatic carbocycles. The van der Waals surface area contributed by atoms with Gasteiger partial charge in [-0.3, -0.25) is 0 Å². The Hall–Kier alpha value is -0.130. The van der Waals surface area contributed by atoms with E-state index in [2.05, 4.69) is 20.9 Å². The van der Waals surface area contributed by atoms with Crippen LogP contribution in [0.4, 0.5) is 0 Å². The molecule has 3 nitrogen and oxygen atoms in total. The van der Waals surface area contributed by atoms with E-state index in [1.807, 2.05) is 0 Å². The maximum absolute atomic E-state index is 11.5. The number of hydrogen-bond acceptors (Lipinski definition) is 4. The number of hydrogen-bond donors (Lipinski definition) is 0. The highest BCUT2D eigenvalue weighted by molar-refractivity contribution is 9.11. The number of ether oxygens (including phenoxy) is 1. The summed E-state index contributed by atoms with van der Waals surface area (Å²) in [4.78, 5) is 16.5. The summed E-state index contributed by atoms with van der Waals surface area (Å²) in [5, 5.41) is 0. The molecule has 0 aromatic carbocycles. The number of aromatic nitrogens is 1. The summed E-state index contributed by atoms with van der Waals surface area (Å²) in [6.45, 7) is 2.14. The maximum atomic E-state index is 11.5. The molecule has 1 rings (SSSR count). The number of aryl methyl sites for hydroxylation is 1. The van der Waals surface area contributed by atoms with E-state index in [-0.39, 0.29) is 5.97 Å². The van der Waals surface area contributed by atoms with Crippen LogP contribution in [0.3, 0.4) is 0 Å². The molecule has 15 heavy (non-hydrogen) atoms. The normalized spacial score (nSPS) is 10.3. The molecule has 6 heteroatoms. The first-order valence-electron chi connectivity index (χ1n) is 4.57. The van der Waals surface area contributed by atoms with Gasteiger partial charge in [0.05, 0.1) is 6.61 Å². The Kier molecular flexibility index (Phi) is 5.56. The van der Waals surface area contributed by atoms with Gasteiger partial charge in [-0.1, -0.05) is 0 Å². The summed E-state index contributed by atoms with van der Waals surface area (Å²) in [7, 11) is 0. The van der Waals surface area contributed by atoms with Crippen molar-refractivity contribution in [1.82, 2.24) is 4.98 Å². The molecule has 0 bridgehead atoms. The summed E-state index contributed by atoms with van der Waals surface area (Å²) >= 11 is 10.3. The summed E-state index contributed by atoms with van der Waals surface area (Å²) < 4.78 is 5.62. The van der Waals surface area contributed by atoms with Crippen molar-refractivity contribution in [3.8, 4) is 0 Å². The highest BCUT2D eigenvalue weighted by Crippen LogP contribution is 2.25. The maximum Gasteiger partial charge on any atom is 0.358 e. The fourth-order valence-electron chi connectivity index (χ4n) is 1.08. The molecule has 84 valence electrons. The van der Waals surface area contributed by atoms with E-state index in [1.165, 1.54) is 11.3 Å². The van der Waals surface area contributed by atoms with E-state index in [9.17, 15) is 4.79 Å². The van der Waals surface area contributed by atoms with Gasteiger partial charge in [-0.15, -0.1) is 22.9 Å². The smallest absolute Gasteiger partial charge is 0.358 e. The van der Waals surface area contributed by atoms with Crippen molar-refractivity contribution in [3.05, 3.63) is 14.5 Å². The average molecular weight is 313 g/mol. The van der Waals surface area contributed by atoms with Crippen LogP contribution in [0.15, 0.2) is 3.92 Å². The Balaban J connectivity index is 2.80. The monoisotopic (exact) mass is 311 g/mol. The van der Waals surface area contributed by atoms with Crippen LogP contribution >= 0.6 is 38.9 Å². The van der Waals surface area contributed by atoms with Gasteiger partial charge in [0.25, 0.3) is 0 Å². The standard InChI is InChI=1S/C9H11BrClNO2S/c1-2-14-8(13)7-6(4-3-5-11)15-9(10)12-7/h2-5H2,1H3. The summed E-state index contributed by atoms with van der Waals surface area (Å²) in [5.74, 6) is 0.224. The van der Waals surface area contributed by atoms with Crippen LogP contribution in [0, 0.1) is 0 Å². The van der Waals surface area contributed by atoms with Gasteiger partial charge in [0, 0.05) is 10.8 Å². The van der Waals surface area contributed by atoms with Gasteiger partial charge in [-0.05, 0) is 35.7 Å². The number of halogens is 2. The lowest BCUT2D eigenvalue weighted by molar-refractivity contribution is 0.0519. The van der Waals surface area contributed by atoms with Crippen molar-refractivity contribution in [1.29, 1.82) is 0 Å². The first-order valence-corrected chi connectivity index (χ1v) is 6.71. The van der Waals surface area contributed by atoms with Gasteiger partial charge in [-0.2, -0.15) is 0 Å². The number of alkyl halides is 1. The van der Waals surface area contributed by atoms with Crippen LogP contribution in [-0.2, 0) is 11.2 Å². The number of rotatable bonds is 5. The van der Waals surface area contributed by atoms with Crippen LogP contribution in [0.5, 0.6) is 0 Å². The topological polar surface area (TPSA) is 39.2 Å². The van der Waals surface area contributed by atoms with E-state index in [4.69, 9.17) is 16.3 Å². The summed E-state index contributed by atoms with van der Waals surface area (Å²) in [5.41, 5.74) is 0.416. The van der Waals surface area contributed by atoms with Crippen molar-refractivity contribution in [2.75, 3.05) is 12.5 Å². The van der Waals surface area contributed by atoms with Crippen LogP contribution in [0.25, 0.3) is 0 Å². The number of nitrogens with zero attached hydrogens (tertiary/aromatic N) is 1. The van der Waals surface area contributed by atoms with E-state index in [0.717, 1.165) is 17.7 Å². The molecule has 1 heterocycles. The Bertz CT molecular complexity index is 343. The number of esters is 1. The van der Waals surface area contributed by atoms with Gasteiger partial charge >= 0.3 is 5.97 Å². The van der Waals surface area contributed by atoms with E-state index in [0.29, 0.717) is 22.1 Å². The number of carbonyl (C=O) groups excluding carboxylic acids is 1. The summed E-state index contributed by atoms with van der Waals surface area (Å²) in [6, 6.07) is 0. The molecule has 0 fully saturated rings. The molecule has 0 amide bonds. The average Bonchev–Trinajstić information content (AvgIpc) is 2.57. The van der Waals surface area contributed by atoms with Crippen LogP contribution < -0.4 is 0 Å². The quantitative estimate of drug-likeness (QED) is 0.619. The second kappa shape index (κ2) is 6.45. The largest absolute Gasteiger partial charge is 0.461 e. The summed E-state index contributed by atoms with van der Waals surface area (Å²) in [6.07, 6.45) is 1.60. The van der Waals surface area contributed by atoms with Crippen molar-refractivity contribution >= 4 is 44.8 Å². The highest BCUT2D eigenvalue weighted by atomic mass is 79.9. The zero-order valence-corrected chi connectivity index (χ0v) is 11.4. The molecular weight excluding hydrogens is 302 g/mol. The van der Waals surface area contributed by atoms with Crippen molar-refractivity contribution in [2.24, 2.45) is 0 Å². The van der Waals surface area contributed by atoms with Gasteiger partial charge in [0.15, 0.2) is 9.61 Å². The fourth-order valence-corrected chi connectivity index (χ4v) is 2.79. The number of carbonyl (C=O) groups is 1. The Morgan fingerprint density at radius 2 is 2.40 bits per heavy atom. The molecule has 0 radical (unpaired) electrons. The third-order valence-corrected chi connectivity index (χ3v) is 3.51. The van der Waals surface area contributed by atoms with Crippen molar-refractivity contribution in [2.45, 2.75) is 19.8 Å². The Labute approximate surface area is 106 Å². The highest BCUT2D eigenvalue weighted by Gasteiger charge is 2.17. The van der Waals surface area contributed by atoms with Gasteiger partial charge in [0.2, 0.25) is 0 Å². The van der Waals surface area contributed by atoms with E-state index in [1.54, 1.807) is 6.92 Å². The molecule has 0 aliphatic heterocycles. The molecule has 1 aromatic heterocycles. The molecule has 0 N–H and O–H groups in total. The minimum absolute atomic E-state index is 0.357. The zero-order chi connectivity index (χ0) is 11.3. The molecule has 0 saturated carbocycles. The lowest BCUT2D eigenvalue weighted by Gasteiger charge is -2.00. The molecule has 0 aliphatic rings. The molecule has 0 unspecified atom stereocenters. The first-order chi connectivity index (χ1) is 7.19. The molecule has 0 saturated heterocycles. The lowest BCUT2D eigenvalue weighted by Crippen LogP contribution is -2.07. The van der Waals surface area contributed by atoms with Crippen LogP contribution in [0.2, 0.25) is 0 Å². The van der Waals surface area contributed by atoms with Crippen LogP contribution in [0.1, 0.15) is 28.7 Å². The van der Waals surface area contributed by atoms with Gasteiger partial charge < -0.3 is 4.74 Å². The van der Waals surface area contributed by atoms with Crippen molar-refractivity contribution in [3.63, 3.8) is 0 Å². The third-order valence-electron chi connectivity index (χ3n) is 1.68. The van der Waals surface area contributed by atoms with Gasteiger partial charge in [-0.25, -0.2) is 9.78 Å². The minimum atomic E-state index is -0.357. The second-order valence-corrected chi connectivity index (χ2v) is 5.49. The van der Waals surface area contributed by atoms with Gasteiger partial charge in [0.1, 0.15) is 0 Å². The SMILES string of the molecule is CCOC(=O)c1nc(Br)sc1CCCCl. The molecule has 0 atom stereocenters. The van der Waals surface area contributed by atoms with Crippen LogP contribution in [-0.4, -0.2) is 23.4 Å². The van der Waals surface area contributed by atoms with E-state index >= 15 is 0 Å². The fraction of sp³-hybridized carbons (Fsp3) is 0.556. The minimum Gasteiger partial charge on any atom is -0.461 e. The number of thiazole rings is 1. The second-order valence-electron chi connectivity index (χ2n) is 2.75. The lowest BCUT2D eigenvalue weighted by atomic mass is 10.2. The molecule has 1 aromatic rings. The predicted octanol–water partition coefficient (Wildman–Crippen LogP) is 3.25. The molecule has 0 spiro atoms. The third kappa shape index (κ3) is 3.74. The van der Waals surface area contributed by atoms with E-state index < -0.39 is 0 Å². The molecular formula is C9H11BrClNO2S. The predicted molar refractivity (Wildman–Crippen MR) is 64.8 cm³/mol. The Morgan fingerprint density at radius 3 is 3.00 bits per heavy atom. The van der Waals surface area contributed by atoms with Crippen molar-refractivity contribution < 1.29 is 9.53 Å². The Morgan fingerprint density at radius 1 is 1.67 bits per heavy atom.